The third-order valence-corrected chi connectivity index (χ3v) is 4.31. The van der Waals surface area contributed by atoms with E-state index < -0.39 is 29.6 Å². The van der Waals surface area contributed by atoms with E-state index in [-0.39, 0.29) is 18.6 Å². The van der Waals surface area contributed by atoms with Crippen LogP contribution in [0.25, 0.3) is 0 Å². The molecule has 2 atom stereocenters. The van der Waals surface area contributed by atoms with Gasteiger partial charge in [-0.2, -0.15) is 0 Å². The van der Waals surface area contributed by atoms with E-state index in [1.165, 1.54) is 11.5 Å². The highest BCUT2D eigenvalue weighted by Gasteiger charge is 2.28. The van der Waals surface area contributed by atoms with Gasteiger partial charge in [-0.1, -0.05) is 29.8 Å². The molecule has 1 amide bonds. The molecule has 0 aliphatic heterocycles. The fourth-order valence-electron chi connectivity index (χ4n) is 2.87. The lowest BCUT2D eigenvalue weighted by Gasteiger charge is -2.28. The Morgan fingerprint density at radius 2 is 1.92 bits per heavy atom. The van der Waals surface area contributed by atoms with E-state index in [2.05, 4.69) is 0 Å². The van der Waals surface area contributed by atoms with Crippen LogP contribution in [0, 0.1) is 16.8 Å². The van der Waals surface area contributed by atoms with Gasteiger partial charge in [0, 0.05) is 23.6 Å². The molecular weight excluding hydrogens is 364 g/mol. The minimum atomic E-state index is -0.757. The van der Waals surface area contributed by atoms with Crippen molar-refractivity contribution < 1.29 is 18.3 Å². The zero-order chi connectivity index (χ0) is 19.1. The first-order valence-electron chi connectivity index (χ1n) is 8.16. The number of halogens is 3. The first-order chi connectivity index (χ1) is 12.4. The van der Waals surface area contributed by atoms with Crippen LogP contribution in [0.5, 0.6) is 0 Å². The number of hydroxylamine groups is 1. The minimum Gasteiger partial charge on any atom is -0.759 e. The van der Waals surface area contributed by atoms with Gasteiger partial charge in [0.2, 0.25) is 5.91 Å². The highest BCUT2D eigenvalue weighted by molar-refractivity contribution is 6.30. The van der Waals surface area contributed by atoms with E-state index in [0.717, 1.165) is 17.7 Å². The maximum absolute atomic E-state index is 14.4. The molecule has 0 heterocycles. The Bertz CT molecular complexity index is 740. The van der Waals surface area contributed by atoms with Crippen molar-refractivity contribution in [2.75, 3.05) is 6.61 Å². The van der Waals surface area contributed by atoms with E-state index >= 15 is 0 Å². The number of carbonyl (C=O) groups excluding carboxylic acids is 1. The minimum absolute atomic E-state index is 0.221. The van der Waals surface area contributed by atoms with Crippen LogP contribution in [0.1, 0.15) is 30.4 Å². The number of amides is 1. The first kappa shape index (κ1) is 20.3. The predicted octanol–water partition coefficient (Wildman–Crippen LogP) is 4.35. The van der Waals surface area contributed by atoms with Crippen molar-refractivity contribution in [3.05, 3.63) is 75.5 Å². The molecular formula is C19H19ClF2NO3-. The lowest BCUT2D eigenvalue weighted by molar-refractivity contribution is -0.123. The number of benzene rings is 2. The van der Waals surface area contributed by atoms with Crippen LogP contribution in [0.15, 0.2) is 42.5 Å². The molecule has 26 heavy (non-hydrogen) atoms. The summed E-state index contributed by atoms with van der Waals surface area (Å²) in [6, 6.07) is 10.3. The van der Waals surface area contributed by atoms with Gasteiger partial charge in [0.05, 0.1) is 12.5 Å². The molecule has 2 aromatic rings. The molecule has 0 aliphatic carbocycles. The molecule has 2 aromatic carbocycles. The maximum Gasteiger partial charge on any atom is 0.212 e. The Morgan fingerprint density at radius 1 is 1.23 bits per heavy atom. The van der Waals surface area contributed by atoms with Gasteiger partial charge in [-0.15, -0.1) is 0 Å². The van der Waals surface area contributed by atoms with Crippen LogP contribution in [-0.2, 0) is 16.0 Å². The fourth-order valence-corrected chi connectivity index (χ4v) is 3.00. The molecule has 0 saturated heterocycles. The molecule has 0 unspecified atom stereocenters. The van der Waals surface area contributed by atoms with Crippen molar-refractivity contribution >= 4 is 17.5 Å². The third-order valence-electron chi connectivity index (χ3n) is 4.06. The number of carbonyl (C=O) groups is 1. The highest BCUT2D eigenvalue weighted by Crippen LogP contribution is 2.31. The molecule has 0 aliphatic rings. The van der Waals surface area contributed by atoms with Gasteiger partial charge in [0.25, 0.3) is 0 Å². The number of rotatable bonds is 8. The first-order valence-corrected chi connectivity index (χ1v) is 8.54. The van der Waals surface area contributed by atoms with Crippen molar-refractivity contribution in [3.8, 4) is 0 Å². The summed E-state index contributed by atoms with van der Waals surface area (Å²) in [5, 5.41) is 11.2. The van der Waals surface area contributed by atoms with Gasteiger partial charge < -0.3 is 15.4 Å². The van der Waals surface area contributed by atoms with Crippen LogP contribution < -0.4 is 5.48 Å². The van der Waals surface area contributed by atoms with E-state index in [4.69, 9.17) is 16.3 Å². The summed E-state index contributed by atoms with van der Waals surface area (Å²) in [5.41, 5.74) is 2.38. The number of nitrogens with one attached hydrogen (secondary N) is 1. The van der Waals surface area contributed by atoms with Crippen LogP contribution in [0.2, 0.25) is 5.02 Å². The van der Waals surface area contributed by atoms with E-state index in [9.17, 15) is 18.8 Å². The predicted molar refractivity (Wildman–Crippen MR) is 95.8 cm³/mol. The van der Waals surface area contributed by atoms with Gasteiger partial charge >= 0.3 is 0 Å². The Labute approximate surface area is 155 Å². The second-order valence-corrected chi connectivity index (χ2v) is 6.26. The highest BCUT2D eigenvalue weighted by atomic mass is 35.5. The Kier molecular flexibility index (Phi) is 7.50. The van der Waals surface area contributed by atoms with Crippen molar-refractivity contribution in [2.24, 2.45) is 0 Å². The smallest absolute Gasteiger partial charge is 0.212 e. The summed E-state index contributed by atoms with van der Waals surface area (Å²) in [6.07, 6.45) is -0.646. The third kappa shape index (κ3) is 5.49. The summed E-state index contributed by atoms with van der Waals surface area (Å²) < 4.78 is 33.3. The topological polar surface area (TPSA) is 61.4 Å². The van der Waals surface area contributed by atoms with Gasteiger partial charge in [0.1, 0.15) is 11.6 Å². The molecule has 0 bridgehead atoms. The van der Waals surface area contributed by atoms with Gasteiger partial charge in [-0.05, 0) is 42.7 Å². The molecule has 0 fully saturated rings. The van der Waals surface area contributed by atoms with Crippen LogP contribution in [0.4, 0.5) is 8.78 Å². The molecule has 0 spiro atoms. The van der Waals surface area contributed by atoms with Crippen LogP contribution in [-0.4, -0.2) is 18.6 Å². The Balaban J connectivity index is 2.40. The van der Waals surface area contributed by atoms with Gasteiger partial charge in [-0.25, -0.2) is 8.78 Å². The summed E-state index contributed by atoms with van der Waals surface area (Å²) in [4.78, 5) is 11.6. The fraction of sp³-hybridized carbons (Fsp3) is 0.316. The van der Waals surface area contributed by atoms with E-state index in [1.807, 2.05) is 0 Å². The average molecular weight is 383 g/mol. The monoisotopic (exact) mass is 382 g/mol. The lowest BCUT2D eigenvalue weighted by atomic mass is 9.85. The standard InChI is InChI=1S/C19H19ClF2NO3/c1-2-26-18(11-19(24)23-25)16(9-12-3-5-13(20)6-4-12)15-8-7-14(21)10-17(15)22/h3-8,10,16,18H,2,9,11H2,1H3,(H-,23,24,25)/q-1/t16-,18-/m1/s1. The zero-order valence-corrected chi connectivity index (χ0v) is 14.9. The van der Waals surface area contributed by atoms with Crippen molar-refractivity contribution in [3.63, 3.8) is 0 Å². The largest absolute Gasteiger partial charge is 0.759 e. The molecule has 4 nitrogen and oxygen atoms in total. The van der Waals surface area contributed by atoms with Gasteiger partial charge in [0.15, 0.2) is 0 Å². The molecule has 2 rings (SSSR count). The van der Waals surface area contributed by atoms with Crippen molar-refractivity contribution in [1.29, 1.82) is 0 Å². The van der Waals surface area contributed by atoms with Crippen molar-refractivity contribution in [1.82, 2.24) is 5.48 Å². The average Bonchev–Trinajstić information content (AvgIpc) is 2.61. The second-order valence-electron chi connectivity index (χ2n) is 5.83. The lowest BCUT2D eigenvalue weighted by Crippen LogP contribution is -2.31. The quantitative estimate of drug-likeness (QED) is 0.690. The Morgan fingerprint density at radius 3 is 2.50 bits per heavy atom. The second kappa shape index (κ2) is 9.62. The Hall–Kier alpha value is -2.02. The number of ether oxygens (including phenoxy) is 1. The molecule has 7 heteroatoms. The zero-order valence-electron chi connectivity index (χ0n) is 14.2. The molecule has 0 aromatic heterocycles. The number of hydrogen-bond acceptors (Lipinski definition) is 3. The van der Waals surface area contributed by atoms with E-state index in [0.29, 0.717) is 11.4 Å². The van der Waals surface area contributed by atoms with Crippen LogP contribution >= 0.6 is 11.6 Å². The summed E-state index contributed by atoms with van der Waals surface area (Å²) >= 11 is 5.89. The summed E-state index contributed by atoms with van der Waals surface area (Å²) in [7, 11) is 0. The van der Waals surface area contributed by atoms with E-state index in [1.54, 1.807) is 31.2 Å². The van der Waals surface area contributed by atoms with Gasteiger partial charge in [-0.3, -0.25) is 4.79 Å². The molecule has 1 N–H and O–H groups in total. The summed E-state index contributed by atoms with van der Waals surface area (Å²) in [6.45, 7) is 2.01. The number of hydrogen-bond donors (Lipinski definition) is 1. The van der Waals surface area contributed by atoms with Crippen molar-refractivity contribution in [2.45, 2.75) is 31.8 Å². The SMILES string of the molecule is CCO[C@H](CC(=O)N[O-])[C@H](Cc1ccc(Cl)cc1)c1ccc(F)cc1F. The van der Waals surface area contributed by atoms with Crippen LogP contribution in [0.3, 0.4) is 0 Å². The maximum atomic E-state index is 14.4. The molecule has 0 radical (unpaired) electrons. The normalized spacial score (nSPS) is 13.3. The molecule has 140 valence electrons. The summed E-state index contributed by atoms with van der Waals surface area (Å²) in [5.74, 6) is -2.76. The molecule has 0 saturated carbocycles.